The molecule has 2 aliphatic heterocycles. The highest BCUT2D eigenvalue weighted by atomic mass is 16.2. The first kappa shape index (κ1) is 13.2. The van der Waals surface area contributed by atoms with Crippen LogP contribution in [0.15, 0.2) is 18.2 Å². The molecular weight excluding hydrogens is 284 g/mol. The molecule has 1 saturated heterocycles. The molecule has 1 saturated carbocycles. The minimum atomic E-state index is -0.894. The zero-order valence-electron chi connectivity index (χ0n) is 11.8. The second-order valence-corrected chi connectivity index (χ2v) is 6.03. The van der Waals surface area contributed by atoms with Gasteiger partial charge in [0.25, 0.3) is 11.8 Å². The molecule has 0 radical (unpaired) electrons. The highest BCUT2D eigenvalue weighted by Crippen LogP contribution is 2.41. The Bertz CT molecular complexity index is 736. The number of nitrogens with zero attached hydrogens (tertiary/aromatic N) is 1. The summed E-state index contributed by atoms with van der Waals surface area (Å²) in [5.74, 6) is -1.34. The summed E-state index contributed by atoms with van der Waals surface area (Å²) in [4.78, 5) is 49.2. The fourth-order valence-corrected chi connectivity index (χ4v) is 3.16. The van der Waals surface area contributed by atoms with Crippen LogP contribution in [0.25, 0.3) is 0 Å². The lowest BCUT2D eigenvalue weighted by Gasteiger charge is -2.27. The van der Waals surface area contributed by atoms with Crippen molar-refractivity contribution in [2.45, 2.75) is 37.6 Å². The summed E-state index contributed by atoms with van der Waals surface area (Å²) in [6.07, 6.45) is 2.54. The number of nitrogens with one attached hydrogen (secondary N) is 1. The third-order valence-corrected chi connectivity index (χ3v) is 4.51. The van der Waals surface area contributed by atoms with E-state index >= 15 is 0 Å². The maximum absolute atomic E-state index is 12.6. The van der Waals surface area contributed by atoms with Gasteiger partial charge in [-0.2, -0.15) is 0 Å². The number of carbonyl (C=O) groups excluding carboxylic acids is 4. The average Bonchev–Trinajstić information content (AvgIpc) is 3.30. The first-order chi connectivity index (χ1) is 10.6. The summed E-state index contributed by atoms with van der Waals surface area (Å²) in [5.41, 5.74) is 1.79. The van der Waals surface area contributed by atoms with Crippen LogP contribution in [0.4, 0.5) is 0 Å². The Balaban J connectivity index is 1.68. The summed E-state index contributed by atoms with van der Waals surface area (Å²) in [6, 6.07) is 4.44. The van der Waals surface area contributed by atoms with Crippen LogP contribution < -0.4 is 5.32 Å². The van der Waals surface area contributed by atoms with Crippen molar-refractivity contribution in [1.82, 2.24) is 10.2 Å². The highest BCUT2D eigenvalue weighted by Gasteiger charge is 2.44. The number of piperidine rings is 1. The molecule has 2 fully saturated rings. The van der Waals surface area contributed by atoms with E-state index in [0.717, 1.165) is 23.3 Å². The van der Waals surface area contributed by atoms with Crippen LogP contribution in [0.2, 0.25) is 0 Å². The van der Waals surface area contributed by atoms with Gasteiger partial charge in [-0.3, -0.25) is 29.4 Å². The Morgan fingerprint density at radius 2 is 1.68 bits per heavy atom. The van der Waals surface area contributed by atoms with Gasteiger partial charge in [-0.1, -0.05) is 6.07 Å². The van der Waals surface area contributed by atoms with Crippen molar-refractivity contribution in [3.05, 3.63) is 34.9 Å². The van der Waals surface area contributed by atoms with E-state index < -0.39 is 23.8 Å². The Morgan fingerprint density at radius 1 is 0.955 bits per heavy atom. The fraction of sp³-hybridized carbons (Fsp3) is 0.375. The molecule has 0 aromatic heterocycles. The SMILES string of the molecule is O=C1CCC(N2C(=O)c3ccc(C4CC4)cc3C2=O)C(=O)N1. The molecule has 6 nitrogen and oxygen atoms in total. The fourth-order valence-electron chi connectivity index (χ4n) is 3.16. The van der Waals surface area contributed by atoms with Gasteiger partial charge in [0, 0.05) is 6.42 Å². The molecule has 1 aromatic carbocycles. The van der Waals surface area contributed by atoms with Crippen molar-refractivity contribution in [1.29, 1.82) is 0 Å². The molecule has 1 aliphatic carbocycles. The smallest absolute Gasteiger partial charge is 0.262 e. The predicted octanol–water partition coefficient (Wildman–Crippen LogP) is 0.965. The van der Waals surface area contributed by atoms with Crippen molar-refractivity contribution in [3.63, 3.8) is 0 Å². The lowest BCUT2D eigenvalue weighted by atomic mass is 10.0. The Kier molecular flexibility index (Phi) is 2.69. The number of benzene rings is 1. The molecule has 2 heterocycles. The van der Waals surface area contributed by atoms with Crippen molar-refractivity contribution in [2.24, 2.45) is 0 Å². The number of imide groups is 2. The van der Waals surface area contributed by atoms with Gasteiger partial charge < -0.3 is 0 Å². The van der Waals surface area contributed by atoms with Gasteiger partial charge in [-0.15, -0.1) is 0 Å². The van der Waals surface area contributed by atoms with Gasteiger partial charge >= 0.3 is 0 Å². The summed E-state index contributed by atoms with van der Waals surface area (Å²) in [5, 5.41) is 2.19. The zero-order valence-corrected chi connectivity index (χ0v) is 11.8. The second-order valence-electron chi connectivity index (χ2n) is 6.03. The van der Waals surface area contributed by atoms with Gasteiger partial charge in [0.2, 0.25) is 11.8 Å². The molecule has 1 aromatic rings. The van der Waals surface area contributed by atoms with Crippen molar-refractivity contribution in [3.8, 4) is 0 Å². The van der Waals surface area contributed by atoms with Crippen molar-refractivity contribution in [2.75, 3.05) is 0 Å². The molecular formula is C16H14N2O4. The van der Waals surface area contributed by atoms with Crippen molar-refractivity contribution >= 4 is 23.6 Å². The van der Waals surface area contributed by atoms with Crippen molar-refractivity contribution < 1.29 is 19.2 Å². The largest absolute Gasteiger partial charge is 0.295 e. The van der Waals surface area contributed by atoms with Gasteiger partial charge in [0.05, 0.1) is 11.1 Å². The van der Waals surface area contributed by atoms with Crippen LogP contribution >= 0.6 is 0 Å². The molecule has 22 heavy (non-hydrogen) atoms. The maximum atomic E-state index is 12.6. The summed E-state index contributed by atoms with van der Waals surface area (Å²) >= 11 is 0. The highest BCUT2D eigenvalue weighted by molar-refractivity contribution is 6.23. The topological polar surface area (TPSA) is 83.6 Å². The molecule has 1 N–H and O–H groups in total. The predicted molar refractivity (Wildman–Crippen MR) is 75.1 cm³/mol. The first-order valence-corrected chi connectivity index (χ1v) is 7.42. The van der Waals surface area contributed by atoms with Crippen LogP contribution in [-0.2, 0) is 9.59 Å². The van der Waals surface area contributed by atoms with Gasteiger partial charge in [-0.05, 0) is 42.9 Å². The van der Waals surface area contributed by atoms with Crippen LogP contribution in [0, 0.1) is 0 Å². The van der Waals surface area contributed by atoms with E-state index in [4.69, 9.17) is 0 Å². The van der Waals surface area contributed by atoms with E-state index in [2.05, 4.69) is 5.32 Å². The zero-order chi connectivity index (χ0) is 15.4. The molecule has 0 bridgehead atoms. The van der Waals surface area contributed by atoms with E-state index in [9.17, 15) is 19.2 Å². The van der Waals surface area contributed by atoms with Crippen LogP contribution in [0.5, 0.6) is 0 Å². The average molecular weight is 298 g/mol. The molecule has 3 aliphatic rings. The Hall–Kier alpha value is -2.50. The lowest BCUT2D eigenvalue weighted by molar-refractivity contribution is -0.136. The standard InChI is InChI=1S/C16H14N2O4/c19-13-6-5-12(14(20)17-13)18-15(21)10-4-3-9(8-1-2-8)7-11(10)16(18)22/h3-4,7-8,12H,1-2,5-6H2,(H,17,19,20). The molecule has 4 rings (SSSR count). The third kappa shape index (κ3) is 1.87. The third-order valence-electron chi connectivity index (χ3n) is 4.51. The van der Waals surface area contributed by atoms with Crippen LogP contribution in [0.3, 0.4) is 0 Å². The number of carbonyl (C=O) groups is 4. The molecule has 1 atom stereocenters. The molecule has 0 spiro atoms. The number of hydrogen-bond acceptors (Lipinski definition) is 4. The Morgan fingerprint density at radius 3 is 2.36 bits per heavy atom. The van der Waals surface area contributed by atoms with Gasteiger partial charge in [0.15, 0.2) is 0 Å². The molecule has 6 heteroatoms. The molecule has 4 amide bonds. The van der Waals surface area contributed by atoms with E-state index in [1.807, 2.05) is 6.07 Å². The normalized spacial score (nSPS) is 24.5. The molecule has 112 valence electrons. The second kappa shape index (κ2) is 4.50. The monoisotopic (exact) mass is 298 g/mol. The van der Waals surface area contributed by atoms with E-state index in [1.165, 1.54) is 0 Å². The number of amides is 4. The van der Waals surface area contributed by atoms with Crippen LogP contribution in [0.1, 0.15) is 57.9 Å². The number of rotatable bonds is 2. The summed E-state index contributed by atoms with van der Waals surface area (Å²) < 4.78 is 0. The quantitative estimate of drug-likeness (QED) is 0.824. The minimum Gasteiger partial charge on any atom is -0.295 e. The Labute approximate surface area is 126 Å². The first-order valence-electron chi connectivity index (χ1n) is 7.42. The minimum absolute atomic E-state index is 0.136. The van der Waals surface area contributed by atoms with Gasteiger partial charge in [-0.25, -0.2) is 0 Å². The van der Waals surface area contributed by atoms with E-state index in [-0.39, 0.29) is 18.7 Å². The van der Waals surface area contributed by atoms with E-state index in [0.29, 0.717) is 17.0 Å². The lowest BCUT2D eigenvalue weighted by Crippen LogP contribution is -2.54. The summed E-state index contributed by atoms with van der Waals surface area (Å²) in [7, 11) is 0. The number of hydrogen-bond donors (Lipinski definition) is 1. The molecule has 1 unspecified atom stereocenters. The van der Waals surface area contributed by atoms with Crippen LogP contribution in [-0.4, -0.2) is 34.6 Å². The maximum Gasteiger partial charge on any atom is 0.262 e. The number of fused-ring (bicyclic) bond motifs is 1. The summed E-state index contributed by atoms with van der Waals surface area (Å²) in [6.45, 7) is 0. The van der Waals surface area contributed by atoms with Gasteiger partial charge in [0.1, 0.15) is 6.04 Å². The van der Waals surface area contributed by atoms with E-state index in [1.54, 1.807) is 12.1 Å².